The number of hydrogen-bond acceptors (Lipinski definition) is 4. The van der Waals surface area contributed by atoms with Crippen LogP contribution in [0.25, 0.3) is 0 Å². The summed E-state index contributed by atoms with van der Waals surface area (Å²) in [6.45, 7) is 2.08. The van der Waals surface area contributed by atoms with E-state index in [4.69, 9.17) is 4.74 Å². The average molecular weight is 292 g/mol. The molecule has 0 unspecified atom stereocenters. The van der Waals surface area contributed by atoms with Crippen LogP contribution in [0.2, 0.25) is 0 Å². The molecule has 0 spiro atoms. The monoisotopic (exact) mass is 292 g/mol. The average Bonchev–Trinajstić information content (AvgIpc) is 3.18. The van der Waals surface area contributed by atoms with Crippen molar-refractivity contribution in [3.63, 3.8) is 0 Å². The van der Waals surface area contributed by atoms with Crippen LogP contribution in [-0.2, 0) is 19.1 Å². The number of morpholine rings is 1. The van der Waals surface area contributed by atoms with Crippen LogP contribution in [0.1, 0.15) is 19.3 Å². The molecule has 2 bridgehead atoms. The molecule has 21 heavy (non-hydrogen) atoms. The summed E-state index contributed by atoms with van der Waals surface area (Å²) < 4.78 is 5.22. The first kappa shape index (κ1) is 13.2. The molecule has 6 heteroatoms. The van der Waals surface area contributed by atoms with Gasteiger partial charge in [0.1, 0.15) is 6.54 Å². The molecular formula is C15H20N2O4. The first-order valence-corrected chi connectivity index (χ1v) is 7.87. The third-order valence-corrected chi connectivity index (χ3v) is 5.68. The number of ether oxygens (including phenoxy) is 1. The molecule has 4 aliphatic rings. The van der Waals surface area contributed by atoms with Gasteiger partial charge in [-0.2, -0.15) is 0 Å². The molecule has 2 aliphatic carbocycles. The summed E-state index contributed by atoms with van der Waals surface area (Å²) in [5, 5.41) is 0. The number of fused-ring (bicyclic) bond motifs is 5. The molecule has 2 saturated carbocycles. The Bertz CT molecular complexity index is 472. The van der Waals surface area contributed by atoms with E-state index in [-0.39, 0.29) is 36.1 Å². The number of nitrogens with zero attached hydrogens (tertiary/aromatic N) is 2. The van der Waals surface area contributed by atoms with Crippen molar-refractivity contribution in [2.75, 3.05) is 32.8 Å². The highest BCUT2D eigenvalue weighted by atomic mass is 16.5. The minimum atomic E-state index is -0.132. The fraction of sp³-hybridized carbons (Fsp3) is 0.800. The molecule has 4 fully saturated rings. The van der Waals surface area contributed by atoms with Gasteiger partial charge in [-0.15, -0.1) is 0 Å². The zero-order valence-electron chi connectivity index (χ0n) is 12.0. The van der Waals surface area contributed by atoms with Crippen molar-refractivity contribution in [2.24, 2.45) is 23.7 Å². The van der Waals surface area contributed by atoms with Crippen LogP contribution in [-0.4, -0.2) is 60.4 Å². The fourth-order valence-corrected chi connectivity index (χ4v) is 4.67. The highest BCUT2D eigenvalue weighted by Crippen LogP contribution is 2.56. The standard InChI is InChI=1S/C15H20N2O4/c18-11(16-3-5-21-6-4-16)8-17-14(19)12-9-1-2-10(7-9)13(12)15(17)20/h9-10,12-13H,1-8H2/t9-,10-,12-,13+/m0/s1. The van der Waals surface area contributed by atoms with Gasteiger partial charge in [-0.3, -0.25) is 19.3 Å². The highest BCUT2D eigenvalue weighted by Gasteiger charge is 2.61. The van der Waals surface area contributed by atoms with Gasteiger partial charge in [-0.1, -0.05) is 0 Å². The molecule has 4 rings (SSSR count). The van der Waals surface area contributed by atoms with Gasteiger partial charge in [0.05, 0.1) is 25.0 Å². The topological polar surface area (TPSA) is 66.9 Å². The maximum absolute atomic E-state index is 12.5. The van der Waals surface area contributed by atoms with Crippen LogP contribution in [0.3, 0.4) is 0 Å². The summed E-state index contributed by atoms with van der Waals surface area (Å²) in [6.07, 6.45) is 3.16. The second kappa shape index (κ2) is 4.80. The number of imide groups is 1. The van der Waals surface area contributed by atoms with Gasteiger partial charge in [0.15, 0.2) is 0 Å². The summed E-state index contributed by atoms with van der Waals surface area (Å²) in [7, 11) is 0. The minimum absolute atomic E-state index is 0.0793. The fourth-order valence-electron chi connectivity index (χ4n) is 4.67. The van der Waals surface area contributed by atoms with Crippen molar-refractivity contribution in [3.8, 4) is 0 Å². The van der Waals surface area contributed by atoms with Crippen molar-refractivity contribution in [1.82, 2.24) is 9.80 Å². The Morgan fingerprint density at radius 3 is 2.19 bits per heavy atom. The van der Waals surface area contributed by atoms with Crippen LogP contribution >= 0.6 is 0 Å². The van der Waals surface area contributed by atoms with Crippen molar-refractivity contribution in [3.05, 3.63) is 0 Å². The lowest BCUT2D eigenvalue weighted by Gasteiger charge is -2.28. The highest BCUT2D eigenvalue weighted by molar-refractivity contribution is 6.08. The lowest BCUT2D eigenvalue weighted by Crippen LogP contribution is -2.47. The second-order valence-electron chi connectivity index (χ2n) is 6.64. The number of carbonyl (C=O) groups excluding carboxylic acids is 3. The van der Waals surface area contributed by atoms with Crippen molar-refractivity contribution < 1.29 is 19.1 Å². The summed E-state index contributed by atoms with van der Waals surface area (Å²) in [5.74, 6) is 0.160. The van der Waals surface area contributed by atoms with E-state index in [9.17, 15) is 14.4 Å². The van der Waals surface area contributed by atoms with Crippen LogP contribution in [0.15, 0.2) is 0 Å². The summed E-state index contributed by atoms with van der Waals surface area (Å²) >= 11 is 0. The molecule has 0 aromatic heterocycles. The molecule has 114 valence electrons. The Balaban J connectivity index is 1.47. The van der Waals surface area contributed by atoms with E-state index in [1.54, 1.807) is 4.90 Å². The van der Waals surface area contributed by atoms with Gasteiger partial charge in [-0.05, 0) is 31.1 Å². The number of rotatable bonds is 2. The third-order valence-electron chi connectivity index (χ3n) is 5.68. The lowest BCUT2D eigenvalue weighted by molar-refractivity contribution is -0.148. The molecule has 6 nitrogen and oxygen atoms in total. The van der Waals surface area contributed by atoms with E-state index >= 15 is 0 Å². The SMILES string of the molecule is O=C(CN1C(=O)[C@@H]2[C@H]3CC[C@@H](C3)[C@@H]2C1=O)N1CCOCC1. The van der Waals surface area contributed by atoms with Gasteiger partial charge in [-0.25, -0.2) is 0 Å². The van der Waals surface area contributed by atoms with E-state index in [2.05, 4.69) is 0 Å². The predicted molar refractivity (Wildman–Crippen MR) is 71.9 cm³/mol. The minimum Gasteiger partial charge on any atom is -0.378 e. The van der Waals surface area contributed by atoms with Crippen LogP contribution in [0.4, 0.5) is 0 Å². The van der Waals surface area contributed by atoms with Crippen molar-refractivity contribution in [1.29, 1.82) is 0 Å². The van der Waals surface area contributed by atoms with Gasteiger partial charge in [0.25, 0.3) is 0 Å². The molecular weight excluding hydrogens is 272 g/mol. The molecule has 0 radical (unpaired) electrons. The molecule has 0 aromatic carbocycles. The maximum Gasteiger partial charge on any atom is 0.242 e. The molecule has 4 atom stereocenters. The zero-order chi connectivity index (χ0) is 14.6. The Morgan fingerprint density at radius 1 is 1.05 bits per heavy atom. The normalized spacial score (nSPS) is 38.3. The largest absolute Gasteiger partial charge is 0.378 e. The molecule has 0 aromatic rings. The molecule has 2 saturated heterocycles. The van der Waals surface area contributed by atoms with Crippen LogP contribution in [0.5, 0.6) is 0 Å². The first-order valence-electron chi connectivity index (χ1n) is 7.87. The Kier molecular flexibility index (Phi) is 3.03. The number of amides is 3. The Hall–Kier alpha value is -1.43. The smallest absolute Gasteiger partial charge is 0.242 e. The predicted octanol–water partition coefficient (Wildman–Crippen LogP) is -0.124. The second-order valence-corrected chi connectivity index (χ2v) is 6.64. The van der Waals surface area contributed by atoms with Gasteiger partial charge in [0, 0.05) is 13.1 Å². The van der Waals surface area contributed by atoms with E-state index < -0.39 is 0 Å². The van der Waals surface area contributed by atoms with Crippen molar-refractivity contribution in [2.45, 2.75) is 19.3 Å². The van der Waals surface area contributed by atoms with Crippen LogP contribution < -0.4 is 0 Å². The summed E-state index contributed by atoms with van der Waals surface area (Å²) in [4.78, 5) is 40.2. The summed E-state index contributed by atoms with van der Waals surface area (Å²) in [5.41, 5.74) is 0. The lowest BCUT2D eigenvalue weighted by atomic mass is 9.81. The van der Waals surface area contributed by atoms with Gasteiger partial charge < -0.3 is 9.64 Å². The van der Waals surface area contributed by atoms with E-state index in [1.807, 2.05) is 0 Å². The summed E-state index contributed by atoms with van der Waals surface area (Å²) in [6, 6.07) is 0. The van der Waals surface area contributed by atoms with E-state index in [0.29, 0.717) is 38.1 Å². The molecule has 3 amide bonds. The van der Waals surface area contributed by atoms with Gasteiger partial charge in [0.2, 0.25) is 17.7 Å². The molecule has 2 aliphatic heterocycles. The molecule has 2 heterocycles. The third kappa shape index (κ3) is 1.92. The first-order chi connectivity index (χ1) is 10.2. The molecule has 0 N–H and O–H groups in total. The number of carbonyl (C=O) groups is 3. The Morgan fingerprint density at radius 2 is 1.62 bits per heavy atom. The quantitative estimate of drug-likeness (QED) is 0.665. The van der Waals surface area contributed by atoms with Crippen LogP contribution in [0, 0.1) is 23.7 Å². The van der Waals surface area contributed by atoms with Gasteiger partial charge >= 0.3 is 0 Å². The van der Waals surface area contributed by atoms with E-state index in [1.165, 1.54) is 4.90 Å². The Labute approximate surface area is 123 Å². The number of hydrogen-bond donors (Lipinski definition) is 0. The van der Waals surface area contributed by atoms with Crippen molar-refractivity contribution >= 4 is 17.7 Å². The zero-order valence-corrected chi connectivity index (χ0v) is 12.0. The van der Waals surface area contributed by atoms with E-state index in [0.717, 1.165) is 19.3 Å². The number of likely N-dealkylation sites (tertiary alicyclic amines) is 1. The maximum atomic E-state index is 12.5.